The summed E-state index contributed by atoms with van der Waals surface area (Å²) in [5.74, 6) is 1.46. The summed E-state index contributed by atoms with van der Waals surface area (Å²) in [4.78, 5) is 4.45. The maximum atomic E-state index is 5.37. The van der Waals surface area contributed by atoms with Crippen LogP contribution in [-0.4, -0.2) is 22.7 Å². The van der Waals surface area contributed by atoms with E-state index in [0.717, 1.165) is 24.9 Å². The monoisotopic (exact) mass is 263 g/mol. The standard InChI is InChI=1S/C14H21N3O2/c1-4-7-15-12(5-2)10(3)14-16-13(17-19-14)11-6-8-18-9-11/h6,8-10,12,15H,4-5,7H2,1-3H3. The first-order valence-electron chi connectivity index (χ1n) is 6.85. The zero-order valence-corrected chi connectivity index (χ0v) is 11.7. The average molecular weight is 263 g/mol. The van der Waals surface area contributed by atoms with Crippen molar-refractivity contribution < 1.29 is 8.94 Å². The van der Waals surface area contributed by atoms with Crippen molar-refractivity contribution in [2.24, 2.45) is 0 Å². The van der Waals surface area contributed by atoms with Gasteiger partial charge in [0.25, 0.3) is 0 Å². The second kappa shape index (κ2) is 6.52. The highest BCUT2D eigenvalue weighted by Crippen LogP contribution is 2.23. The molecule has 2 aromatic heterocycles. The summed E-state index contributed by atoms with van der Waals surface area (Å²) in [6.45, 7) is 7.44. The van der Waals surface area contributed by atoms with Gasteiger partial charge in [-0.3, -0.25) is 0 Å². The van der Waals surface area contributed by atoms with Gasteiger partial charge in [0.15, 0.2) is 0 Å². The van der Waals surface area contributed by atoms with Gasteiger partial charge in [-0.25, -0.2) is 0 Å². The minimum absolute atomic E-state index is 0.199. The van der Waals surface area contributed by atoms with Gasteiger partial charge in [0, 0.05) is 6.04 Å². The Labute approximate surface area is 113 Å². The van der Waals surface area contributed by atoms with E-state index in [9.17, 15) is 0 Å². The third kappa shape index (κ3) is 3.23. The Kier molecular flexibility index (Phi) is 4.74. The highest BCUT2D eigenvalue weighted by atomic mass is 16.5. The number of hydrogen-bond acceptors (Lipinski definition) is 5. The van der Waals surface area contributed by atoms with Crippen LogP contribution in [0.25, 0.3) is 11.4 Å². The van der Waals surface area contributed by atoms with Crippen LogP contribution in [0.5, 0.6) is 0 Å². The van der Waals surface area contributed by atoms with Crippen LogP contribution in [0.15, 0.2) is 27.5 Å². The minimum atomic E-state index is 0.199. The van der Waals surface area contributed by atoms with Gasteiger partial charge < -0.3 is 14.3 Å². The average Bonchev–Trinajstić information content (AvgIpc) is 3.10. The Morgan fingerprint density at radius 2 is 2.21 bits per heavy atom. The summed E-state index contributed by atoms with van der Waals surface area (Å²) >= 11 is 0. The molecule has 1 N–H and O–H groups in total. The van der Waals surface area contributed by atoms with E-state index in [2.05, 4.69) is 36.2 Å². The fraction of sp³-hybridized carbons (Fsp3) is 0.571. The van der Waals surface area contributed by atoms with Crippen LogP contribution in [-0.2, 0) is 0 Å². The van der Waals surface area contributed by atoms with E-state index in [1.807, 2.05) is 6.07 Å². The molecule has 2 unspecified atom stereocenters. The lowest BCUT2D eigenvalue weighted by molar-refractivity contribution is 0.319. The van der Waals surface area contributed by atoms with Crippen LogP contribution in [0.1, 0.15) is 45.4 Å². The van der Waals surface area contributed by atoms with Crippen molar-refractivity contribution in [3.63, 3.8) is 0 Å². The molecule has 5 nitrogen and oxygen atoms in total. The first-order chi connectivity index (χ1) is 9.26. The van der Waals surface area contributed by atoms with E-state index in [0.29, 0.717) is 17.8 Å². The van der Waals surface area contributed by atoms with E-state index < -0.39 is 0 Å². The topological polar surface area (TPSA) is 64.1 Å². The predicted molar refractivity (Wildman–Crippen MR) is 72.8 cm³/mol. The second-order valence-electron chi connectivity index (χ2n) is 4.73. The Hall–Kier alpha value is -1.62. The van der Waals surface area contributed by atoms with Crippen molar-refractivity contribution in [2.75, 3.05) is 6.54 Å². The molecule has 0 bridgehead atoms. The molecule has 0 amide bonds. The lowest BCUT2D eigenvalue weighted by atomic mass is 9.99. The van der Waals surface area contributed by atoms with Crippen molar-refractivity contribution in [1.82, 2.24) is 15.5 Å². The van der Waals surface area contributed by atoms with Gasteiger partial charge in [0.1, 0.15) is 6.26 Å². The number of aromatic nitrogens is 2. The summed E-state index contributed by atoms with van der Waals surface area (Å²) in [6.07, 6.45) is 5.37. The Morgan fingerprint density at radius 1 is 1.37 bits per heavy atom. The lowest BCUT2D eigenvalue weighted by Crippen LogP contribution is -2.33. The molecule has 0 aromatic carbocycles. The summed E-state index contributed by atoms with van der Waals surface area (Å²) in [6, 6.07) is 2.18. The lowest BCUT2D eigenvalue weighted by Gasteiger charge is -2.20. The zero-order valence-electron chi connectivity index (χ0n) is 11.7. The first-order valence-corrected chi connectivity index (χ1v) is 6.85. The molecule has 0 saturated carbocycles. The van der Waals surface area contributed by atoms with Crippen LogP contribution in [0, 0.1) is 0 Å². The summed E-state index contributed by atoms with van der Waals surface area (Å²) in [5, 5.41) is 7.52. The number of nitrogens with one attached hydrogen (secondary N) is 1. The van der Waals surface area contributed by atoms with Crippen molar-refractivity contribution in [3.8, 4) is 11.4 Å². The molecule has 0 aliphatic heterocycles. The Balaban J connectivity index is 2.08. The molecular formula is C14H21N3O2. The van der Waals surface area contributed by atoms with Crippen LogP contribution in [0.4, 0.5) is 0 Å². The van der Waals surface area contributed by atoms with Gasteiger partial charge in [0.05, 0.1) is 17.7 Å². The molecule has 104 valence electrons. The molecule has 0 fully saturated rings. The number of hydrogen-bond donors (Lipinski definition) is 1. The molecule has 0 radical (unpaired) electrons. The van der Waals surface area contributed by atoms with Gasteiger partial charge in [0.2, 0.25) is 11.7 Å². The molecule has 0 spiro atoms. The van der Waals surface area contributed by atoms with Crippen LogP contribution in [0.3, 0.4) is 0 Å². The quantitative estimate of drug-likeness (QED) is 0.831. The number of rotatable bonds is 7. The largest absolute Gasteiger partial charge is 0.472 e. The van der Waals surface area contributed by atoms with E-state index in [4.69, 9.17) is 8.94 Å². The minimum Gasteiger partial charge on any atom is -0.472 e. The maximum Gasteiger partial charge on any atom is 0.231 e. The van der Waals surface area contributed by atoms with E-state index in [-0.39, 0.29) is 5.92 Å². The van der Waals surface area contributed by atoms with Crippen molar-refractivity contribution in [2.45, 2.75) is 45.6 Å². The van der Waals surface area contributed by atoms with Gasteiger partial charge >= 0.3 is 0 Å². The second-order valence-corrected chi connectivity index (χ2v) is 4.73. The molecule has 0 saturated heterocycles. The smallest absolute Gasteiger partial charge is 0.231 e. The van der Waals surface area contributed by atoms with Crippen molar-refractivity contribution >= 4 is 0 Å². The van der Waals surface area contributed by atoms with Gasteiger partial charge in [-0.05, 0) is 25.5 Å². The van der Waals surface area contributed by atoms with Crippen molar-refractivity contribution in [3.05, 3.63) is 24.5 Å². The fourth-order valence-electron chi connectivity index (χ4n) is 2.11. The zero-order chi connectivity index (χ0) is 13.7. The first kappa shape index (κ1) is 13.8. The highest BCUT2D eigenvalue weighted by molar-refractivity contribution is 5.51. The highest BCUT2D eigenvalue weighted by Gasteiger charge is 2.22. The third-order valence-electron chi connectivity index (χ3n) is 3.31. The number of furan rings is 1. The SMILES string of the molecule is CCCNC(CC)C(C)c1nc(-c2ccoc2)no1. The molecule has 0 aliphatic rings. The van der Waals surface area contributed by atoms with Gasteiger partial charge in [-0.2, -0.15) is 4.98 Å². The molecule has 2 rings (SSSR count). The fourth-order valence-corrected chi connectivity index (χ4v) is 2.11. The third-order valence-corrected chi connectivity index (χ3v) is 3.31. The van der Waals surface area contributed by atoms with Gasteiger partial charge in [-0.15, -0.1) is 0 Å². The number of nitrogens with zero attached hydrogens (tertiary/aromatic N) is 2. The summed E-state index contributed by atoms with van der Waals surface area (Å²) < 4.78 is 10.4. The molecule has 2 aromatic rings. The predicted octanol–water partition coefficient (Wildman–Crippen LogP) is 3.21. The van der Waals surface area contributed by atoms with E-state index in [1.165, 1.54) is 0 Å². The van der Waals surface area contributed by atoms with Crippen LogP contribution in [0.2, 0.25) is 0 Å². The van der Waals surface area contributed by atoms with Crippen LogP contribution >= 0.6 is 0 Å². The molecular weight excluding hydrogens is 242 g/mol. The Bertz CT molecular complexity index is 479. The molecule has 19 heavy (non-hydrogen) atoms. The van der Waals surface area contributed by atoms with Crippen molar-refractivity contribution in [1.29, 1.82) is 0 Å². The summed E-state index contributed by atoms with van der Waals surface area (Å²) in [5.41, 5.74) is 0.844. The van der Waals surface area contributed by atoms with Gasteiger partial charge in [-0.1, -0.05) is 25.9 Å². The van der Waals surface area contributed by atoms with Crippen LogP contribution < -0.4 is 5.32 Å². The molecule has 5 heteroatoms. The molecule has 0 aliphatic carbocycles. The van der Waals surface area contributed by atoms with E-state index >= 15 is 0 Å². The molecule has 2 atom stereocenters. The Morgan fingerprint density at radius 3 is 2.84 bits per heavy atom. The molecule has 2 heterocycles. The summed E-state index contributed by atoms with van der Waals surface area (Å²) in [7, 11) is 0. The normalized spacial score (nSPS) is 14.5. The maximum absolute atomic E-state index is 5.37. The van der Waals surface area contributed by atoms with E-state index in [1.54, 1.807) is 12.5 Å².